The maximum atomic E-state index is 4.70. The zero-order chi connectivity index (χ0) is 12.8. The van der Waals surface area contributed by atoms with Crippen molar-refractivity contribution >= 4 is 11.8 Å². The average molecular weight is 248 g/mol. The molecule has 1 fully saturated rings. The van der Waals surface area contributed by atoms with E-state index in [4.69, 9.17) is 4.98 Å². The van der Waals surface area contributed by atoms with Crippen molar-refractivity contribution in [3.05, 3.63) is 11.8 Å². The molecule has 0 radical (unpaired) electrons. The van der Waals surface area contributed by atoms with Crippen LogP contribution in [0.25, 0.3) is 0 Å². The van der Waals surface area contributed by atoms with Gasteiger partial charge in [-0.3, -0.25) is 0 Å². The molecule has 0 aliphatic carbocycles. The third-order valence-electron chi connectivity index (χ3n) is 3.27. The van der Waals surface area contributed by atoms with Gasteiger partial charge in [0.25, 0.3) is 0 Å². The van der Waals surface area contributed by atoms with E-state index in [1.54, 1.807) is 0 Å². The van der Waals surface area contributed by atoms with Crippen LogP contribution in [-0.4, -0.2) is 29.6 Å². The normalized spacial score (nSPS) is 15.8. The third-order valence-corrected chi connectivity index (χ3v) is 3.27. The average Bonchev–Trinajstić information content (AvgIpc) is 2.40. The molecule has 1 aromatic heterocycles. The molecule has 1 aromatic rings. The molecule has 0 saturated carbocycles. The fourth-order valence-electron chi connectivity index (χ4n) is 2.37. The number of hydrogen-bond acceptors (Lipinski definition) is 4. The van der Waals surface area contributed by atoms with Crippen LogP contribution < -0.4 is 10.2 Å². The van der Waals surface area contributed by atoms with E-state index in [9.17, 15) is 0 Å². The van der Waals surface area contributed by atoms with Crippen LogP contribution in [0.5, 0.6) is 0 Å². The van der Waals surface area contributed by atoms with E-state index < -0.39 is 0 Å². The minimum absolute atomic E-state index is 0.905. The van der Waals surface area contributed by atoms with E-state index in [1.807, 2.05) is 0 Å². The minimum Gasteiger partial charge on any atom is -0.370 e. The molecule has 1 saturated heterocycles. The van der Waals surface area contributed by atoms with Crippen molar-refractivity contribution in [2.24, 2.45) is 0 Å². The second-order valence-electron chi connectivity index (χ2n) is 4.87. The standard InChI is InChI=1S/C14H24N4/c1-3-8-12-11-13(15-4-2)17-14(16-12)18-9-6-5-7-10-18/h11H,3-10H2,1-2H3,(H,15,16,17). The summed E-state index contributed by atoms with van der Waals surface area (Å²) in [6.45, 7) is 7.39. The predicted molar refractivity (Wildman–Crippen MR) is 76.3 cm³/mol. The zero-order valence-electron chi connectivity index (χ0n) is 11.6. The van der Waals surface area contributed by atoms with Crippen LogP contribution in [0, 0.1) is 0 Å². The quantitative estimate of drug-likeness (QED) is 0.870. The number of nitrogens with zero attached hydrogens (tertiary/aromatic N) is 3. The lowest BCUT2D eigenvalue weighted by Crippen LogP contribution is -2.31. The molecule has 1 aliphatic rings. The summed E-state index contributed by atoms with van der Waals surface area (Å²) < 4.78 is 0. The van der Waals surface area contributed by atoms with Gasteiger partial charge in [0, 0.05) is 31.4 Å². The predicted octanol–water partition coefficient (Wildman–Crippen LogP) is 2.85. The molecule has 4 nitrogen and oxygen atoms in total. The number of anilines is 2. The van der Waals surface area contributed by atoms with Crippen molar-refractivity contribution in [2.75, 3.05) is 29.9 Å². The fourth-order valence-corrected chi connectivity index (χ4v) is 2.37. The Kier molecular flexibility index (Phi) is 4.79. The molecule has 0 bridgehead atoms. The number of piperidine rings is 1. The molecular weight excluding hydrogens is 224 g/mol. The minimum atomic E-state index is 0.905. The van der Waals surface area contributed by atoms with Gasteiger partial charge in [0.2, 0.25) is 5.95 Å². The molecule has 1 N–H and O–H groups in total. The first-order chi connectivity index (χ1) is 8.83. The Morgan fingerprint density at radius 2 is 1.94 bits per heavy atom. The van der Waals surface area contributed by atoms with Crippen molar-refractivity contribution in [3.63, 3.8) is 0 Å². The Morgan fingerprint density at radius 3 is 2.61 bits per heavy atom. The van der Waals surface area contributed by atoms with Gasteiger partial charge in [-0.2, -0.15) is 4.98 Å². The summed E-state index contributed by atoms with van der Waals surface area (Å²) in [5.41, 5.74) is 1.16. The number of rotatable bonds is 5. The van der Waals surface area contributed by atoms with Gasteiger partial charge in [0.05, 0.1) is 0 Å². The first-order valence-corrected chi connectivity index (χ1v) is 7.20. The van der Waals surface area contributed by atoms with E-state index in [1.165, 1.54) is 19.3 Å². The Bertz CT molecular complexity index is 348. The van der Waals surface area contributed by atoms with Gasteiger partial charge < -0.3 is 10.2 Å². The summed E-state index contributed by atoms with van der Waals surface area (Å²) in [5, 5.41) is 3.31. The first kappa shape index (κ1) is 13.1. The highest BCUT2D eigenvalue weighted by Gasteiger charge is 2.15. The molecule has 0 unspecified atom stereocenters. The largest absolute Gasteiger partial charge is 0.370 e. The maximum Gasteiger partial charge on any atom is 0.227 e. The van der Waals surface area contributed by atoms with Crippen molar-refractivity contribution < 1.29 is 0 Å². The maximum absolute atomic E-state index is 4.70. The van der Waals surface area contributed by atoms with Gasteiger partial charge in [-0.05, 0) is 32.6 Å². The van der Waals surface area contributed by atoms with Crippen LogP contribution >= 0.6 is 0 Å². The molecule has 2 rings (SSSR count). The molecule has 0 atom stereocenters. The van der Waals surface area contributed by atoms with Crippen molar-refractivity contribution in [1.82, 2.24) is 9.97 Å². The second-order valence-corrected chi connectivity index (χ2v) is 4.87. The highest BCUT2D eigenvalue weighted by molar-refractivity contribution is 5.44. The second kappa shape index (κ2) is 6.57. The van der Waals surface area contributed by atoms with Crippen LogP contribution in [0.15, 0.2) is 6.07 Å². The lowest BCUT2D eigenvalue weighted by molar-refractivity contribution is 0.567. The number of aromatic nitrogens is 2. The van der Waals surface area contributed by atoms with Gasteiger partial charge in [-0.15, -0.1) is 0 Å². The third kappa shape index (κ3) is 3.34. The Labute approximate surface area is 110 Å². The summed E-state index contributed by atoms with van der Waals surface area (Å²) in [4.78, 5) is 11.7. The van der Waals surface area contributed by atoms with Crippen molar-refractivity contribution in [1.29, 1.82) is 0 Å². The van der Waals surface area contributed by atoms with Crippen molar-refractivity contribution in [3.8, 4) is 0 Å². The molecule has 0 aromatic carbocycles. The van der Waals surface area contributed by atoms with E-state index in [0.717, 1.165) is 49.9 Å². The van der Waals surface area contributed by atoms with E-state index in [-0.39, 0.29) is 0 Å². The Balaban J connectivity index is 2.20. The van der Waals surface area contributed by atoms with Gasteiger partial charge >= 0.3 is 0 Å². The number of hydrogen-bond donors (Lipinski definition) is 1. The molecule has 18 heavy (non-hydrogen) atoms. The molecule has 1 aliphatic heterocycles. The van der Waals surface area contributed by atoms with Crippen LogP contribution in [0.2, 0.25) is 0 Å². The summed E-state index contributed by atoms with van der Waals surface area (Å²) in [6, 6.07) is 2.08. The van der Waals surface area contributed by atoms with Gasteiger partial charge in [-0.25, -0.2) is 4.98 Å². The fraction of sp³-hybridized carbons (Fsp3) is 0.714. The number of nitrogens with one attached hydrogen (secondary N) is 1. The Hall–Kier alpha value is -1.32. The molecular formula is C14H24N4. The first-order valence-electron chi connectivity index (χ1n) is 7.20. The smallest absolute Gasteiger partial charge is 0.227 e. The van der Waals surface area contributed by atoms with Crippen LogP contribution in [-0.2, 0) is 6.42 Å². The summed E-state index contributed by atoms with van der Waals surface area (Å²) in [5.74, 6) is 1.88. The molecule has 0 spiro atoms. The van der Waals surface area contributed by atoms with Crippen LogP contribution in [0.3, 0.4) is 0 Å². The lowest BCUT2D eigenvalue weighted by Gasteiger charge is -2.27. The van der Waals surface area contributed by atoms with Crippen LogP contribution in [0.4, 0.5) is 11.8 Å². The lowest BCUT2D eigenvalue weighted by atomic mass is 10.1. The van der Waals surface area contributed by atoms with Crippen molar-refractivity contribution in [2.45, 2.75) is 46.0 Å². The Morgan fingerprint density at radius 1 is 1.17 bits per heavy atom. The zero-order valence-corrected chi connectivity index (χ0v) is 11.6. The van der Waals surface area contributed by atoms with Crippen LogP contribution in [0.1, 0.15) is 45.2 Å². The molecule has 100 valence electrons. The van der Waals surface area contributed by atoms with E-state index >= 15 is 0 Å². The SMILES string of the molecule is CCCc1cc(NCC)nc(N2CCCCC2)n1. The summed E-state index contributed by atoms with van der Waals surface area (Å²) in [6.07, 6.45) is 6.02. The van der Waals surface area contributed by atoms with Gasteiger partial charge in [0.1, 0.15) is 5.82 Å². The van der Waals surface area contributed by atoms with Gasteiger partial charge in [-0.1, -0.05) is 13.3 Å². The number of aryl methyl sites for hydroxylation is 1. The summed E-state index contributed by atoms with van der Waals surface area (Å²) >= 11 is 0. The monoisotopic (exact) mass is 248 g/mol. The molecule has 4 heteroatoms. The van der Waals surface area contributed by atoms with E-state index in [2.05, 4.69) is 35.1 Å². The van der Waals surface area contributed by atoms with E-state index in [0.29, 0.717) is 0 Å². The summed E-state index contributed by atoms with van der Waals surface area (Å²) in [7, 11) is 0. The highest BCUT2D eigenvalue weighted by Crippen LogP contribution is 2.19. The van der Waals surface area contributed by atoms with Gasteiger partial charge in [0.15, 0.2) is 0 Å². The highest BCUT2D eigenvalue weighted by atomic mass is 15.3. The molecule has 2 heterocycles. The molecule has 0 amide bonds. The topological polar surface area (TPSA) is 41.1 Å².